The van der Waals surface area contributed by atoms with Gasteiger partial charge in [0.15, 0.2) is 5.69 Å². The Morgan fingerprint density at radius 2 is 1.71 bits per heavy atom. The van der Waals surface area contributed by atoms with Crippen LogP contribution in [0.5, 0.6) is 0 Å². The third kappa shape index (κ3) is 4.73. The second kappa shape index (κ2) is 8.20. The van der Waals surface area contributed by atoms with E-state index in [-0.39, 0.29) is 30.8 Å². The molecule has 0 atom stereocenters. The number of hydrogen-bond acceptors (Lipinski definition) is 3. The summed E-state index contributed by atoms with van der Waals surface area (Å²) in [7, 11) is 0. The van der Waals surface area contributed by atoms with Gasteiger partial charge in [0.05, 0.1) is 18.3 Å². The maximum absolute atomic E-state index is 13.7. The van der Waals surface area contributed by atoms with Crippen LogP contribution in [0.4, 0.5) is 17.6 Å². The number of carbonyl (C=O) groups excluding carboxylic acids is 1. The van der Waals surface area contributed by atoms with Crippen LogP contribution in [0.2, 0.25) is 0 Å². The van der Waals surface area contributed by atoms with Crippen molar-refractivity contribution in [2.75, 3.05) is 6.54 Å². The number of carbonyl (C=O) groups is 1. The van der Waals surface area contributed by atoms with Crippen LogP contribution in [-0.2, 0) is 19.1 Å². The van der Waals surface area contributed by atoms with Crippen LogP contribution in [0.25, 0.3) is 0 Å². The number of rotatable bonds is 6. The van der Waals surface area contributed by atoms with Gasteiger partial charge in [-0.05, 0) is 24.1 Å². The van der Waals surface area contributed by atoms with E-state index in [1.807, 2.05) is 0 Å². The largest absolute Gasteiger partial charge is 0.416 e. The minimum Gasteiger partial charge on any atom is -0.350 e. The van der Waals surface area contributed by atoms with E-state index in [2.05, 4.69) is 15.6 Å². The molecule has 1 N–H and O–H groups in total. The topological polar surface area (TPSA) is 59.8 Å². The number of halogens is 4. The van der Waals surface area contributed by atoms with Crippen LogP contribution in [0.15, 0.2) is 54.7 Å². The molecule has 0 spiro atoms. The number of nitrogens with one attached hydrogen (secondary N) is 1. The van der Waals surface area contributed by atoms with Crippen LogP contribution in [-0.4, -0.2) is 27.4 Å². The molecule has 0 aliphatic heterocycles. The lowest BCUT2D eigenvalue weighted by Crippen LogP contribution is -2.26. The molecule has 0 aliphatic carbocycles. The van der Waals surface area contributed by atoms with Crippen LogP contribution in [0.1, 0.15) is 27.2 Å². The molecule has 9 heteroatoms. The molecule has 0 unspecified atom stereocenters. The Labute approximate surface area is 158 Å². The van der Waals surface area contributed by atoms with Gasteiger partial charge in [-0.3, -0.25) is 4.79 Å². The van der Waals surface area contributed by atoms with E-state index >= 15 is 0 Å². The minimum atomic E-state index is -4.45. The van der Waals surface area contributed by atoms with Gasteiger partial charge in [-0.2, -0.15) is 13.2 Å². The Morgan fingerprint density at radius 1 is 1.04 bits per heavy atom. The molecule has 0 saturated heterocycles. The summed E-state index contributed by atoms with van der Waals surface area (Å²) in [5.41, 5.74) is -0.234. The number of hydrogen-bond donors (Lipinski definition) is 1. The smallest absolute Gasteiger partial charge is 0.350 e. The zero-order valence-electron chi connectivity index (χ0n) is 14.6. The van der Waals surface area contributed by atoms with Crippen molar-refractivity contribution in [3.63, 3.8) is 0 Å². The predicted molar refractivity (Wildman–Crippen MR) is 93.0 cm³/mol. The fourth-order valence-corrected chi connectivity index (χ4v) is 2.70. The Kier molecular flexibility index (Phi) is 5.72. The van der Waals surface area contributed by atoms with Crippen LogP contribution in [0.3, 0.4) is 0 Å². The lowest BCUT2D eigenvalue weighted by molar-refractivity contribution is -0.138. The molecule has 3 rings (SSSR count). The monoisotopic (exact) mass is 392 g/mol. The summed E-state index contributed by atoms with van der Waals surface area (Å²) in [6.45, 7) is 0.109. The summed E-state index contributed by atoms with van der Waals surface area (Å²) in [6, 6.07) is 11.4. The SMILES string of the molecule is O=C(NCCc1ccccc1C(F)(F)F)c1cn(Cc2ccccc2F)nn1. The van der Waals surface area contributed by atoms with Crippen molar-refractivity contribution < 1.29 is 22.4 Å². The third-order valence-corrected chi connectivity index (χ3v) is 4.06. The average Bonchev–Trinajstić information content (AvgIpc) is 3.12. The van der Waals surface area contributed by atoms with E-state index in [1.165, 1.54) is 35.1 Å². The van der Waals surface area contributed by atoms with E-state index in [9.17, 15) is 22.4 Å². The highest BCUT2D eigenvalue weighted by atomic mass is 19.4. The Hall–Kier alpha value is -3.23. The molecule has 5 nitrogen and oxygen atoms in total. The fourth-order valence-electron chi connectivity index (χ4n) is 2.70. The standard InChI is InChI=1S/C19H16F4N4O/c20-16-8-4-2-6-14(16)11-27-12-17(25-26-27)18(28)24-10-9-13-5-1-3-7-15(13)19(21,22)23/h1-8,12H,9-11H2,(H,24,28). The van der Waals surface area contributed by atoms with Gasteiger partial charge in [-0.15, -0.1) is 5.10 Å². The molecule has 3 aromatic rings. The third-order valence-electron chi connectivity index (χ3n) is 4.06. The van der Waals surface area contributed by atoms with E-state index < -0.39 is 23.5 Å². The molecule has 1 amide bonds. The molecule has 0 radical (unpaired) electrons. The number of aromatic nitrogens is 3. The summed E-state index contributed by atoms with van der Waals surface area (Å²) in [5.74, 6) is -0.961. The zero-order valence-corrected chi connectivity index (χ0v) is 14.6. The molecular formula is C19H16F4N4O. The van der Waals surface area contributed by atoms with Crippen molar-refractivity contribution >= 4 is 5.91 Å². The number of nitrogens with zero attached hydrogens (tertiary/aromatic N) is 3. The van der Waals surface area contributed by atoms with Gasteiger partial charge < -0.3 is 5.32 Å². The van der Waals surface area contributed by atoms with Gasteiger partial charge in [0.25, 0.3) is 5.91 Å². The minimum absolute atomic E-state index is 0.000413. The molecule has 0 bridgehead atoms. The van der Waals surface area contributed by atoms with Crippen molar-refractivity contribution in [1.29, 1.82) is 0 Å². The second-order valence-electron chi connectivity index (χ2n) is 6.05. The molecule has 1 heterocycles. The first kappa shape index (κ1) is 19.5. The van der Waals surface area contributed by atoms with E-state index in [4.69, 9.17) is 0 Å². The molecule has 28 heavy (non-hydrogen) atoms. The molecule has 2 aromatic carbocycles. The van der Waals surface area contributed by atoms with Crippen LogP contribution < -0.4 is 5.32 Å². The van der Waals surface area contributed by atoms with Crippen LogP contribution in [0, 0.1) is 5.82 Å². The van der Waals surface area contributed by atoms with E-state index in [0.29, 0.717) is 5.56 Å². The molecule has 0 saturated carbocycles. The van der Waals surface area contributed by atoms with E-state index in [1.54, 1.807) is 18.2 Å². The highest BCUT2D eigenvalue weighted by Crippen LogP contribution is 2.31. The van der Waals surface area contributed by atoms with Gasteiger partial charge >= 0.3 is 6.18 Å². The molecule has 0 fully saturated rings. The average molecular weight is 392 g/mol. The van der Waals surface area contributed by atoms with Gasteiger partial charge in [-0.25, -0.2) is 9.07 Å². The maximum atomic E-state index is 13.7. The van der Waals surface area contributed by atoms with Gasteiger partial charge in [-0.1, -0.05) is 41.6 Å². The lowest BCUT2D eigenvalue weighted by Gasteiger charge is -2.12. The Bertz CT molecular complexity index is 968. The van der Waals surface area contributed by atoms with Crippen molar-refractivity contribution in [3.05, 3.63) is 82.9 Å². The number of amides is 1. The molecule has 1 aromatic heterocycles. The highest BCUT2D eigenvalue weighted by molar-refractivity contribution is 5.91. The second-order valence-corrected chi connectivity index (χ2v) is 6.05. The first-order valence-corrected chi connectivity index (χ1v) is 8.41. The maximum Gasteiger partial charge on any atom is 0.416 e. The fraction of sp³-hybridized carbons (Fsp3) is 0.211. The first-order valence-electron chi connectivity index (χ1n) is 8.41. The van der Waals surface area contributed by atoms with Crippen molar-refractivity contribution in [2.45, 2.75) is 19.1 Å². The number of benzene rings is 2. The molecular weight excluding hydrogens is 376 g/mol. The zero-order chi connectivity index (χ0) is 20.1. The van der Waals surface area contributed by atoms with Crippen molar-refractivity contribution in [1.82, 2.24) is 20.3 Å². The summed E-state index contributed by atoms with van der Waals surface area (Å²) >= 11 is 0. The van der Waals surface area contributed by atoms with E-state index in [0.717, 1.165) is 6.07 Å². The van der Waals surface area contributed by atoms with Gasteiger partial charge in [0, 0.05) is 12.1 Å². The van der Waals surface area contributed by atoms with Crippen molar-refractivity contribution in [2.24, 2.45) is 0 Å². The predicted octanol–water partition coefficient (Wildman–Crippen LogP) is 3.46. The molecule has 146 valence electrons. The van der Waals surface area contributed by atoms with Gasteiger partial charge in [0.2, 0.25) is 0 Å². The van der Waals surface area contributed by atoms with Gasteiger partial charge in [0.1, 0.15) is 5.82 Å². The number of alkyl halides is 3. The first-order chi connectivity index (χ1) is 13.3. The lowest BCUT2D eigenvalue weighted by atomic mass is 10.0. The normalized spacial score (nSPS) is 11.4. The van der Waals surface area contributed by atoms with Crippen molar-refractivity contribution in [3.8, 4) is 0 Å². The summed E-state index contributed by atoms with van der Waals surface area (Å²) < 4.78 is 53.9. The quantitative estimate of drug-likeness (QED) is 0.654. The highest BCUT2D eigenvalue weighted by Gasteiger charge is 2.32. The van der Waals surface area contributed by atoms with Crippen LogP contribution >= 0.6 is 0 Å². The Balaban J connectivity index is 1.58. The summed E-state index contributed by atoms with van der Waals surface area (Å²) in [4.78, 5) is 12.1. The Morgan fingerprint density at radius 3 is 2.43 bits per heavy atom. The summed E-state index contributed by atoms with van der Waals surface area (Å²) in [5, 5.41) is 10.0. The molecule has 0 aliphatic rings. The summed E-state index contributed by atoms with van der Waals surface area (Å²) in [6.07, 6.45) is -3.08.